The lowest BCUT2D eigenvalue weighted by Crippen LogP contribution is -2.31. The van der Waals surface area contributed by atoms with Crippen LogP contribution in [-0.4, -0.2) is 24.8 Å². The molecular formula is C23H18Cl2N4O3S. The number of benzene rings is 1. The molecule has 0 radical (unpaired) electrons. The molecule has 0 unspecified atom stereocenters. The van der Waals surface area contributed by atoms with Gasteiger partial charge in [-0.15, -0.1) is 16.4 Å². The van der Waals surface area contributed by atoms with Crippen LogP contribution in [0, 0.1) is 0 Å². The number of hydrogen-bond donors (Lipinski definition) is 0. The predicted molar refractivity (Wildman–Crippen MR) is 128 cm³/mol. The van der Waals surface area contributed by atoms with Crippen LogP contribution in [0.4, 0.5) is 0 Å². The van der Waals surface area contributed by atoms with Crippen molar-refractivity contribution in [3.63, 3.8) is 0 Å². The smallest absolute Gasteiger partial charge is 0.352 e. The van der Waals surface area contributed by atoms with E-state index in [1.165, 1.54) is 4.52 Å². The van der Waals surface area contributed by atoms with Crippen molar-refractivity contribution in [2.45, 2.75) is 39.0 Å². The maximum atomic E-state index is 13.7. The van der Waals surface area contributed by atoms with Crippen molar-refractivity contribution in [2.24, 2.45) is 0 Å². The third-order valence-electron chi connectivity index (χ3n) is 5.88. The molecule has 0 atom stereocenters. The van der Waals surface area contributed by atoms with Gasteiger partial charge in [0, 0.05) is 26.9 Å². The summed E-state index contributed by atoms with van der Waals surface area (Å²) in [6.07, 6.45) is 2.26. The molecule has 0 saturated carbocycles. The number of fused-ring (bicyclic) bond motifs is 5. The molecule has 0 spiro atoms. The summed E-state index contributed by atoms with van der Waals surface area (Å²) < 4.78 is 14.6. The number of thiophene rings is 1. The number of nitrogens with zero attached hydrogens (tertiary/aromatic N) is 4. The van der Waals surface area contributed by atoms with Gasteiger partial charge in [0.1, 0.15) is 4.83 Å². The number of furan rings is 1. The molecule has 6 rings (SSSR count). The van der Waals surface area contributed by atoms with Gasteiger partial charge in [-0.1, -0.05) is 29.3 Å². The molecule has 5 heterocycles. The van der Waals surface area contributed by atoms with Gasteiger partial charge in [-0.3, -0.25) is 4.57 Å². The van der Waals surface area contributed by atoms with Crippen LogP contribution in [0.25, 0.3) is 27.4 Å². The second kappa shape index (κ2) is 7.43. The van der Waals surface area contributed by atoms with Crippen LogP contribution < -0.4 is 5.69 Å². The molecule has 0 bridgehead atoms. The first kappa shape index (κ1) is 20.9. The summed E-state index contributed by atoms with van der Waals surface area (Å²) in [6.45, 7) is 4.82. The Morgan fingerprint density at radius 3 is 2.70 bits per heavy atom. The van der Waals surface area contributed by atoms with Crippen molar-refractivity contribution >= 4 is 50.4 Å². The van der Waals surface area contributed by atoms with Gasteiger partial charge in [0.15, 0.2) is 11.4 Å². The van der Waals surface area contributed by atoms with Crippen molar-refractivity contribution in [2.75, 3.05) is 0 Å². The zero-order valence-electron chi connectivity index (χ0n) is 17.8. The fraction of sp³-hybridized carbons (Fsp3) is 0.261. The number of halogens is 2. The molecule has 0 N–H and O–H groups in total. The van der Waals surface area contributed by atoms with Crippen LogP contribution in [0.15, 0.2) is 45.8 Å². The van der Waals surface area contributed by atoms with E-state index in [4.69, 9.17) is 37.3 Å². The lowest BCUT2D eigenvalue weighted by molar-refractivity contribution is -0.0379. The molecule has 33 heavy (non-hydrogen) atoms. The fourth-order valence-corrected chi connectivity index (χ4v) is 5.99. The van der Waals surface area contributed by atoms with E-state index in [2.05, 4.69) is 18.9 Å². The predicted octanol–water partition coefficient (Wildman–Crippen LogP) is 5.57. The first-order chi connectivity index (χ1) is 15.8. The molecule has 7 nitrogen and oxygen atoms in total. The summed E-state index contributed by atoms with van der Waals surface area (Å²) in [5.41, 5.74) is 1.68. The zero-order valence-corrected chi connectivity index (χ0v) is 20.1. The minimum absolute atomic E-state index is 0.212. The zero-order chi connectivity index (χ0) is 22.9. The Kier molecular flexibility index (Phi) is 4.71. The van der Waals surface area contributed by atoms with Crippen LogP contribution >= 0.6 is 34.5 Å². The largest absolute Gasteiger partial charge is 0.461 e. The van der Waals surface area contributed by atoms with Gasteiger partial charge in [0.2, 0.25) is 5.82 Å². The fourth-order valence-electron chi connectivity index (χ4n) is 4.26. The van der Waals surface area contributed by atoms with Gasteiger partial charge >= 0.3 is 5.69 Å². The van der Waals surface area contributed by atoms with Crippen molar-refractivity contribution in [3.05, 3.63) is 73.1 Å². The maximum absolute atomic E-state index is 13.7. The highest BCUT2D eigenvalue weighted by molar-refractivity contribution is 7.19. The van der Waals surface area contributed by atoms with E-state index in [9.17, 15) is 4.79 Å². The van der Waals surface area contributed by atoms with Gasteiger partial charge in [0.05, 0.1) is 30.4 Å². The Balaban J connectivity index is 1.68. The normalized spacial score (nSPS) is 15.4. The third-order valence-corrected chi connectivity index (χ3v) is 7.81. The Morgan fingerprint density at radius 1 is 1.18 bits per heavy atom. The molecule has 10 heteroatoms. The molecule has 0 fully saturated rings. The molecule has 0 aliphatic carbocycles. The summed E-state index contributed by atoms with van der Waals surface area (Å²) in [5, 5.41) is 6.41. The van der Waals surface area contributed by atoms with E-state index in [0.717, 1.165) is 20.7 Å². The van der Waals surface area contributed by atoms with Gasteiger partial charge in [-0.05, 0) is 43.7 Å². The van der Waals surface area contributed by atoms with Crippen molar-refractivity contribution < 1.29 is 9.15 Å². The Hall–Kier alpha value is -2.65. The molecular weight excluding hydrogens is 483 g/mol. The second-order valence-corrected chi connectivity index (χ2v) is 10.5. The summed E-state index contributed by atoms with van der Waals surface area (Å²) >= 11 is 14.4. The first-order valence-electron chi connectivity index (χ1n) is 10.4. The Morgan fingerprint density at radius 2 is 1.97 bits per heavy atom. The number of rotatable bonds is 3. The van der Waals surface area contributed by atoms with Gasteiger partial charge in [-0.25, -0.2) is 9.78 Å². The van der Waals surface area contributed by atoms with E-state index in [0.29, 0.717) is 45.9 Å². The van der Waals surface area contributed by atoms with Crippen LogP contribution in [0.5, 0.6) is 0 Å². The van der Waals surface area contributed by atoms with Crippen LogP contribution in [0.3, 0.4) is 0 Å². The van der Waals surface area contributed by atoms with E-state index in [1.807, 2.05) is 0 Å². The SMILES string of the molecule is CC1(C)Cc2c(sc3c2c2nc(-c4ccco4)nn2c(=O)n3Cc2c(Cl)cccc2Cl)CO1. The molecule has 1 aliphatic heterocycles. The molecule has 1 aromatic carbocycles. The first-order valence-corrected chi connectivity index (χ1v) is 11.9. The van der Waals surface area contributed by atoms with Gasteiger partial charge in [0.25, 0.3) is 0 Å². The monoisotopic (exact) mass is 500 g/mol. The number of ether oxygens (including phenoxy) is 1. The quantitative estimate of drug-likeness (QED) is 0.323. The molecule has 0 saturated heterocycles. The molecule has 4 aromatic heterocycles. The Labute approximate surface area is 202 Å². The van der Waals surface area contributed by atoms with Gasteiger partial charge in [-0.2, -0.15) is 4.52 Å². The van der Waals surface area contributed by atoms with Crippen molar-refractivity contribution in [3.8, 4) is 11.6 Å². The van der Waals surface area contributed by atoms with E-state index in [1.54, 1.807) is 52.5 Å². The van der Waals surface area contributed by atoms with Crippen LogP contribution in [0.1, 0.15) is 29.9 Å². The summed E-state index contributed by atoms with van der Waals surface area (Å²) in [5.74, 6) is 0.859. The lowest BCUT2D eigenvalue weighted by atomic mass is 9.94. The summed E-state index contributed by atoms with van der Waals surface area (Å²) in [6, 6.07) is 8.86. The highest BCUT2D eigenvalue weighted by atomic mass is 35.5. The average Bonchev–Trinajstić information content (AvgIpc) is 3.50. The van der Waals surface area contributed by atoms with E-state index < -0.39 is 0 Å². The van der Waals surface area contributed by atoms with E-state index in [-0.39, 0.29) is 17.8 Å². The second-order valence-electron chi connectivity index (χ2n) is 8.63. The number of aromatic nitrogens is 4. The average molecular weight is 501 g/mol. The highest BCUT2D eigenvalue weighted by Gasteiger charge is 2.32. The molecule has 168 valence electrons. The molecule has 1 aliphatic rings. The molecule has 5 aromatic rings. The lowest BCUT2D eigenvalue weighted by Gasteiger charge is -2.30. The van der Waals surface area contributed by atoms with Crippen molar-refractivity contribution in [1.29, 1.82) is 0 Å². The highest BCUT2D eigenvalue weighted by Crippen LogP contribution is 2.40. The van der Waals surface area contributed by atoms with Crippen LogP contribution in [-0.2, 0) is 24.3 Å². The minimum atomic E-state index is -0.325. The van der Waals surface area contributed by atoms with E-state index >= 15 is 0 Å². The number of hydrogen-bond acceptors (Lipinski definition) is 6. The minimum Gasteiger partial charge on any atom is -0.461 e. The topological polar surface area (TPSA) is 74.6 Å². The van der Waals surface area contributed by atoms with Crippen molar-refractivity contribution in [1.82, 2.24) is 19.2 Å². The third kappa shape index (κ3) is 3.32. The standard InChI is InChI=1S/C23H18Cl2N4O3S/c1-23(2)9-12-17(11-32-23)33-21-18(12)20-26-19(16-7-4-8-31-16)27-29(20)22(30)28(21)10-13-14(24)5-3-6-15(13)25/h3-8H,9-11H2,1-2H3. The Bertz CT molecular complexity index is 1580. The molecule has 0 amide bonds. The maximum Gasteiger partial charge on any atom is 0.352 e. The van der Waals surface area contributed by atoms with Gasteiger partial charge < -0.3 is 9.15 Å². The summed E-state index contributed by atoms with van der Waals surface area (Å²) in [4.78, 5) is 20.3. The van der Waals surface area contributed by atoms with Crippen LogP contribution in [0.2, 0.25) is 10.0 Å². The summed E-state index contributed by atoms with van der Waals surface area (Å²) in [7, 11) is 0.